The van der Waals surface area contributed by atoms with E-state index in [2.05, 4.69) is 27.8 Å². The van der Waals surface area contributed by atoms with Crippen LogP contribution in [0.1, 0.15) is 24.0 Å². The topological polar surface area (TPSA) is 49.4 Å². The van der Waals surface area contributed by atoms with E-state index in [1.807, 2.05) is 6.07 Å². The van der Waals surface area contributed by atoms with Gasteiger partial charge in [-0.3, -0.25) is 4.90 Å². The first-order valence-corrected chi connectivity index (χ1v) is 10.9. The molecule has 2 aliphatic rings. The standard InChI is InChI=1S/C19H23ClF2N2O2S/c20-19(22)9-7-17(21)13-18(19)27(25,26)23-10-3-4-11-24-12-8-15-5-1-2-6-16(15)14-24/h1-2,5-7,9,13,18,23H,3-4,8,10-12,14H2. The van der Waals surface area contributed by atoms with Gasteiger partial charge in [-0.2, -0.15) is 0 Å². The fourth-order valence-corrected chi connectivity index (χ4v) is 5.29. The molecule has 0 spiro atoms. The lowest BCUT2D eigenvalue weighted by atomic mass is 10.00. The summed E-state index contributed by atoms with van der Waals surface area (Å²) in [5, 5.41) is -4.43. The summed E-state index contributed by atoms with van der Waals surface area (Å²) < 4.78 is 54.4. The van der Waals surface area contributed by atoms with Crippen molar-refractivity contribution in [1.82, 2.24) is 9.62 Å². The van der Waals surface area contributed by atoms with Gasteiger partial charge < -0.3 is 0 Å². The maximum Gasteiger partial charge on any atom is 0.223 e. The Hall–Kier alpha value is -1.28. The van der Waals surface area contributed by atoms with E-state index in [-0.39, 0.29) is 6.54 Å². The van der Waals surface area contributed by atoms with Crippen molar-refractivity contribution >= 4 is 21.6 Å². The molecular formula is C19H23ClF2N2O2S. The normalized spacial score (nSPS) is 25.9. The van der Waals surface area contributed by atoms with Crippen molar-refractivity contribution in [3.8, 4) is 0 Å². The highest BCUT2D eigenvalue weighted by atomic mass is 35.5. The molecule has 1 N–H and O–H groups in total. The van der Waals surface area contributed by atoms with E-state index in [4.69, 9.17) is 11.6 Å². The number of benzene rings is 1. The van der Waals surface area contributed by atoms with Gasteiger partial charge in [0.05, 0.1) is 0 Å². The number of hydrogen-bond acceptors (Lipinski definition) is 3. The average molecular weight is 417 g/mol. The third-order valence-corrected chi connectivity index (χ3v) is 7.15. The molecule has 1 heterocycles. The molecule has 1 aliphatic carbocycles. The van der Waals surface area contributed by atoms with Crippen molar-refractivity contribution in [3.05, 3.63) is 59.4 Å². The monoisotopic (exact) mass is 416 g/mol. The largest absolute Gasteiger partial charge is 0.299 e. The van der Waals surface area contributed by atoms with Crippen LogP contribution in [-0.2, 0) is 23.0 Å². The third kappa shape index (κ3) is 5.16. The molecular weight excluding hydrogens is 394 g/mol. The molecule has 148 valence electrons. The second-order valence-electron chi connectivity index (χ2n) is 6.92. The van der Waals surface area contributed by atoms with Crippen molar-refractivity contribution in [3.63, 3.8) is 0 Å². The van der Waals surface area contributed by atoms with Gasteiger partial charge in [-0.25, -0.2) is 21.9 Å². The van der Waals surface area contributed by atoms with Gasteiger partial charge in [-0.1, -0.05) is 35.9 Å². The number of unbranched alkanes of at least 4 members (excludes halogenated alkanes) is 1. The summed E-state index contributed by atoms with van der Waals surface area (Å²) in [6, 6.07) is 8.38. The highest BCUT2D eigenvalue weighted by Crippen LogP contribution is 2.34. The van der Waals surface area contributed by atoms with E-state index in [1.54, 1.807) is 0 Å². The van der Waals surface area contributed by atoms with Crippen LogP contribution in [-0.4, -0.2) is 43.3 Å². The summed E-state index contributed by atoms with van der Waals surface area (Å²) in [5.41, 5.74) is 2.73. The summed E-state index contributed by atoms with van der Waals surface area (Å²) in [5.74, 6) is -0.815. The molecule has 27 heavy (non-hydrogen) atoms. The zero-order chi connectivity index (χ0) is 19.5. The molecule has 3 rings (SSSR count). The molecule has 1 aromatic carbocycles. The summed E-state index contributed by atoms with van der Waals surface area (Å²) in [4.78, 5) is 2.34. The van der Waals surface area contributed by atoms with E-state index in [0.717, 1.165) is 44.6 Å². The van der Waals surface area contributed by atoms with Gasteiger partial charge >= 0.3 is 0 Å². The average Bonchev–Trinajstić information content (AvgIpc) is 2.63. The Labute approximate surface area is 163 Å². The third-order valence-electron chi connectivity index (χ3n) is 4.90. The summed E-state index contributed by atoms with van der Waals surface area (Å²) >= 11 is 5.58. The molecule has 2 atom stereocenters. The Balaban J connectivity index is 1.43. The van der Waals surface area contributed by atoms with Gasteiger partial charge in [0.2, 0.25) is 15.2 Å². The van der Waals surface area contributed by atoms with Crippen LogP contribution in [0.2, 0.25) is 0 Å². The zero-order valence-corrected chi connectivity index (χ0v) is 16.4. The van der Waals surface area contributed by atoms with Crippen molar-refractivity contribution in [2.45, 2.75) is 36.2 Å². The van der Waals surface area contributed by atoms with E-state index in [9.17, 15) is 17.2 Å². The number of rotatable bonds is 7. The number of nitrogens with zero attached hydrogens (tertiary/aromatic N) is 1. The Morgan fingerprint density at radius 3 is 2.78 bits per heavy atom. The molecule has 2 unspecified atom stereocenters. The van der Waals surface area contributed by atoms with Crippen molar-refractivity contribution in [1.29, 1.82) is 0 Å². The zero-order valence-electron chi connectivity index (χ0n) is 14.9. The first-order valence-electron chi connectivity index (χ1n) is 9.00. The van der Waals surface area contributed by atoms with Crippen LogP contribution in [0.5, 0.6) is 0 Å². The van der Waals surface area contributed by atoms with E-state index in [1.165, 1.54) is 11.1 Å². The van der Waals surface area contributed by atoms with Gasteiger partial charge in [0.25, 0.3) is 0 Å². The lowest BCUT2D eigenvalue weighted by Gasteiger charge is -2.28. The summed E-state index contributed by atoms with van der Waals surface area (Å²) in [6.45, 7) is 2.91. The van der Waals surface area contributed by atoms with Crippen molar-refractivity contribution in [2.24, 2.45) is 0 Å². The fourth-order valence-electron chi connectivity index (χ4n) is 3.40. The van der Waals surface area contributed by atoms with Crippen LogP contribution >= 0.6 is 11.6 Å². The Kier molecular flexibility index (Phi) is 6.35. The molecule has 0 bridgehead atoms. The van der Waals surface area contributed by atoms with Crippen LogP contribution in [0.15, 0.2) is 48.3 Å². The fraction of sp³-hybridized carbons (Fsp3) is 0.474. The molecule has 4 nitrogen and oxygen atoms in total. The molecule has 1 aliphatic heterocycles. The number of nitrogens with one attached hydrogen (secondary N) is 1. The second kappa shape index (κ2) is 8.39. The van der Waals surface area contributed by atoms with Crippen LogP contribution in [0.4, 0.5) is 8.78 Å². The SMILES string of the molecule is O=S(=O)(NCCCCN1CCc2ccccc2C1)C1C=C(F)C=CC1(F)Cl. The minimum Gasteiger partial charge on any atom is -0.299 e. The number of fused-ring (bicyclic) bond motifs is 1. The molecule has 0 fully saturated rings. The van der Waals surface area contributed by atoms with E-state index in [0.29, 0.717) is 12.5 Å². The summed E-state index contributed by atoms with van der Waals surface area (Å²) in [7, 11) is -4.11. The lowest BCUT2D eigenvalue weighted by molar-refractivity contribution is 0.249. The molecule has 0 amide bonds. The number of allylic oxidation sites excluding steroid dienone is 3. The molecule has 1 aromatic rings. The maximum atomic E-state index is 14.2. The van der Waals surface area contributed by atoms with Gasteiger partial charge in [0.15, 0.2) is 0 Å². The first kappa shape index (κ1) is 20.5. The molecule has 0 saturated heterocycles. The number of alkyl halides is 2. The van der Waals surface area contributed by atoms with E-state index >= 15 is 0 Å². The minimum atomic E-state index is -4.11. The highest BCUT2D eigenvalue weighted by molar-refractivity contribution is 7.90. The maximum absolute atomic E-state index is 14.2. The van der Waals surface area contributed by atoms with Gasteiger partial charge in [0.1, 0.15) is 11.1 Å². The first-order chi connectivity index (χ1) is 12.8. The quantitative estimate of drug-likeness (QED) is 0.547. The van der Waals surface area contributed by atoms with Crippen molar-refractivity contribution < 1.29 is 17.2 Å². The van der Waals surface area contributed by atoms with Crippen LogP contribution in [0.3, 0.4) is 0 Å². The Bertz CT molecular complexity index is 840. The Morgan fingerprint density at radius 1 is 1.26 bits per heavy atom. The van der Waals surface area contributed by atoms with E-state index < -0.39 is 26.2 Å². The minimum absolute atomic E-state index is 0.162. The Morgan fingerprint density at radius 2 is 2.00 bits per heavy atom. The predicted octanol–water partition coefficient (Wildman–Crippen LogP) is 3.44. The smallest absolute Gasteiger partial charge is 0.223 e. The highest BCUT2D eigenvalue weighted by Gasteiger charge is 2.44. The molecule has 0 saturated carbocycles. The van der Waals surface area contributed by atoms with Crippen LogP contribution in [0.25, 0.3) is 0 Å². The van der Waals surface area contributed by atoms with Crippen molar-refractivity contribution in [2.75, 3.05) is 19.6 Å². The molecule has 0 radical (unpaired) electrons. The van der Waals surface area contributed by atoms with Crippen LogP contribution in [0, 0.1) is 0 Å². The number of sulfonamides is 1. The van der Waals surface area contributed by atoms with Gasteiger partial charge in [0, 0.05) is 19.6 Å². The predicted molar refractivity (Wildman–Crippen MR) is 103 cm³/mol. The van der Waals surface area contributed by atoms with Gasteiger partial charge in [-0.15, -0.1) is 0 Å². The van der Waals surface area contributed by atoms with Crippen LogP contribution < -0.4 is 4.72 Å². The summed E-state index contributed by atoms with van der Waals surface area (Å²) in [6.07, 6.45) is 4.68. The van der Waals surface area contributed by atoms with Gasteiger partial charge in [-0.05, 0) is 55.2 Å². The molecule has 0 aromatic heterocycles. The number of halogens is 3. The lowest BCUT2D eigenvalue weighted by Crippen LogP contribution is -2.44. The molecule has 8 heteroatoms. The second-order valence-corrected chi connectivity index (χ2v) is 9.39. The number of hydrogen-bond donors (Lipinski definition) is 1.